The number of esters is 2. The first-order valence-electron chi connectivity index (χ1n) is 13.8. The molecule has 1 saturated heterocycles. The summed E-state index contributed by atoms with van der Waals surface area (Å²) in [6, 6.07) is 19.6. The standard InChI is InChI=1S/C28H36O4S4.C4H8/c1-21(27(29)31-13-23-9-5-3-6-10-23)15-33-17-25-19-36-26(20-35-25)18-34-16-22(2)28(30)32-14-24-11-7-4-8-12-24;1-3-4-2/h3-12,21-22,25-26H,13-20H2,1-2H3;3-4H,1-2H3/b;4-3-. The Morgan fingerprint density at radius 1 is 0.750 bits per heavy atom. The van der Waals surface area contributed by atoms with Gasteiger partial charge in [-0.3, -0.25) is 9.59 Å². The zero-order valence-electron chi connectivity index (χ0n) is 24.2. The zero-order valence-corrected chi connectivity index (χ0v) is 27.4. The summed E-state index contributed by atoms with van der Waals surface area (Å²) in [5.41, 5.74) is 2.04. The molecule has 1 aliphatic rings. The Balaban J connectivity index is 0.00000131. The van der Waals surface area contributed by atoms with Gasteiger partial charge in [0.05, 0.1) is 11.8 Å². The molecule has 0 radical (unpaired) electrons. The molecule has 4 unspecified atom stereocenters. The van der Waals surface area contributed by atoms with Gasteiger partial charge in [-0.05, 0) is 25.0 Å². The lowest BCUT2D eigenvalue weighted by Crippen LogP contribution is -2.26. The molecule has 2 aromatic rings. The molecule has 3 rings (SSSR count). The number of ether oxygens (including phenoxy) is 2. The van der Waals surface area contributed by atoms with Gasteiger partial charge in [0.25, 0.3) is 0 Å². The Labute approximate surface area is 258 Å². The number of allylic oxidation sites excluding steroid dienone is 2. The Bertz CT molecular complexity index is 899. The van der Waals surface area contributed by atoms with Crippen LogP contribution >= 0.6 is 47.0 Å². The molecule has 0 aromatic heterocycles. The fraction of sp³-hybridized carbons (Fsp3) is 0.500. The molecule has 0 aliphatic carbocycles. The lowest BCUT2D eigenvalue weighted by Gasteiger charge is -2.27. The molecule has 0 bridgehead atoms. The van der Waals surface area contributed by atoms with Crippen LogP contribution in [0.25, 0.3) is 0 Å². The summed E-state index contributed by atoms with van der Waals surface area (Å²) in [4.78, 5) is 24.5. The van der Waals surface area contributed by atoms with Crippen LogP contribution in [0.2, 0.25) is 0 Å². The van der Waals surface area contributed by atoms with Gasteiger partial charge in [0.2, 0.25) is 0 Å². The van der Waals surface area contributed by atoms with Crippen molar-refractivity contribution in [2.24, 2.45) is 11.8 Å². The van der Waals surface area contributed by atoms with Crippen LogP contribution in [0.15, 0.2) is 72.8 Å². The summed E-state index contributed by atoms with van der Waals surface area (Å²) in [5, 5.41) is 1.25. The zero-order chi connectivity index (χ0) is 29.0. The van der Waals surface area contributed by atoms with Gasteiger partial charge < -0.3 is 9.47 Å². The third kappa shape index (κ3) is 14.9. The van der Waals surface area contributed by atoms with Crippen LogP contribution in [-0.4, -0.2) is 57.0 Å². The van der Waals surface area contributed by atoms with E-state index in [1.54, 1.807) is 0 Å². The van der Waals surface area contributed by atoms with Crippen molar-refractivity contribution in [2.75, 3.05) is 34.5 Å². The van der Waals surface area contributed by atoms with Crippen molar-refractivity contribution in [3.63, 3.8) is 0 Å². The molecule has 1 aliphatic heterocycles. The van der Waals surface area contributed by atoms with Gasteiger partial charge in [-0.15, -0.1) is 0 Å². The van der Waals surface area contributed by atoms with E-state index in [-0.39, 0.29) is 23.8 Å². The molecule has 1 heterocycles. The van der Waals surface area contributed by atoms with Gasteiger partial charge >= 0.3 is 11.9 Å². The summed E-state index contributed by atoms with van der Waals surface area (Å²) in [6.45, 7) is 8.59. The monoisotopic (exact) mass is 620 g/mol. The van der Waals surface area contributed by atoms with Gasteiger partial charge in [0, 0.05) is 45.0 Å². The van der Waals surface area contributed by atoms with Crippen LogP contribution in [0.5, 0.6) is 0 Å². The molecular weight excluding hydrogens is 577 g/mol. The molecular formula is C32H44O4S4. The highest BCUT2D eigenvalue weighted by molar-refractivity contribution is 8.09. The van der Waals surface area contributed by atoms with E-state index >= 15 is 0 Å². The average Bonchev–Trinajstić information content (AvgIpc) is 3.00. The number of thioether (sulfide) groups is 4. The largest absolute Gasteiger partial charge is 0.461 e. The van der Waals surface area contributed by atoms with Crippen molar-refractivity contribution in [3.8, 4) is 0 Å². The van der Waals surface area contributed by atoms with E-state index in [2.05, 4.69) is 0 Å². The maximum absolute atomic E-state index is 12.3. The molecule has 0 saturated carbocycles. The number of carbonyl (C=O) groups is 2. The highest BCUT2D eigenvalue weighted by atomic mass is 32.2. The van der Waals surface area contributed by atoms with Gasteiger partial charge in [0.15, 0.2) is 0 Å². The van der Waals surface area contributed by atoms with Crippen LogP contribution in [0.1, 0.15) is 38.8 Å². The molecule has 40 heavy (non-hydrogen) atoms. The summed E-state index contributed by atoms with van der Waals surface area (Å²) < 4.78 is 10.9. The van der Waals surface area contributed by atoms with Crippen molar-refractivity contribution in [3.05, 3.63) is 83.9 Å². The molecule has 2 aromatic carbocycles. The fourth-order valence-corrected chi connectivity index (χ4v) is 9.52. The van der Waals surface area contributed by atoms with Crippen molar-refractivity contribution in [1.82, 2.24) is 0 Å². The quantitative estimate of drug-likeness (QED) is 0.156. The first kappa shape index (κ1) is 34.7. The second-order valence-corrected chi connectivity index (χ2v) is 14.5. The van der Waals surface area contributed by atoms with E-state index in [1.165, 1.54) is 0 Å². The van der Waals surface area contributed by atoms with Crippen molar-refractivity contribution >= 4 is 59.0 Å². The third-order valence-corrected chi connectivity index (χ3v) is 12.4. The smallest absolute Gasteiger partial charge is 0.309 e. The molecule has 220 valence electrons. The van der Waals surface area contributed by atoms with Gasteiger partial charge in [-0.25, -0.2) is 0 Å². The Morgan fingerprint density at radius 3 is 1.45 bits per heavy atom. The number of carbonyl (C=O) groups excluding carboxylic acids is 2. The second-order valence-electron chi connectivity index (χ2n) is 9.64. The predicted octanol–water partition coefficient (Wildman–Crippen LogP) is 8.01. The molecule has 4 nitrogen and oxygen atoms in total. The maximum Gasteiger partial charge on any atom is 0.309 e. The molecule has 8 heteroatoms. The van der Waals surface area contributed by atoms with E-state index in [4.69, 9.17) is 9.47 Å². The van der Waals surface area contributed by atoms with Gasteiger partial charge in [-0.2, -0.15) is 47.0 Å². The topological polar surface area (TPSA) is 52.6 Å². The van der Waals surface area contributed by atoms with E-state index in [0.29, 0.717) is 23.7 Å². The Hall–Kier alpha value is -1.48. The molecule has 0 amide bonds. The van der Waals surface area contributed by atoms with Crippen LogP contribution in [0.4, 0.5) is 0 Å². The van der Waals surface area contributed by atoms with E-state index in [9.17, 15) is 9.59 Å². The summed E-state index contributed by atoms with van der Waals surface area (Å²) in [5.74, 6) is 5.60. The molecule has 0 spiro atoms. The number of hydrogen-bond donors (Lipinski definition) is 0. The number of benzene rings is 2. The SMILES string of the molecule is C/C=C\C.CC(CSCC1CSC(CSCC(C)C(=O)OCc2ccccc2)CS1)C(=O)OCc1ccccc1. The summed E-state index contributed by atoms with van der Waals surface area (Å²) in [6.07, 6.45) is 4.00. The van der Waals surface area contributed by atoms with Crippen molar-refractivity contribution in [1.29, 1.82) is 0 Å². The normalized spacial score (nSPS) is 18.3. The van der Waals surface area contributed by atoms with E-state index in [0.717, 1.165) is 45.6 Å². The summed E-state index contributed by atoms with van der Waals surface area (Å²) in [7, 11) is 0. The highest BCUT2D eigenvalue weighted by Gasteiger charge is 2.24. The van der Waals surface area contributed by atoms with Crippen LogP contribution in [0, 0.1) is 11.8 Å². The van der Waals surface area contributed by atoms with Gasteiger partial charge in [-0.1, -0.05) is 86.7 Å². The Morgan fingerprint density at radius 2 is 1.12 bits per heavy atom. The minimum Gasteiger partial charge on any atom is -0.461 e. The molecule has 4 atom stereocenters. The minimum absolute atomic E-state index is 0.0922. The fourth-order valence-electron chi connectivity index (χ4n) is 3.41. The van der Waals surface area contributed by atoms with Crippen molar-refractivity contribution < 1.29 is 19.1 Å². The Kier molecular flexibility index (Phi) is 18.5. The van der Waals surface area contributed by atoms with Gasteiger partial charge in [0.1, 0.15) is 13.2 Å². The summed E-state index contributed by atoms with van der Waals surface area (Å²) >= 11 is 7.80. The molecule has 1 fully saturated rings. The van der Waals surface area contributed by atoms with Crippen LogP contribution in [-0.2, 0) is 32.3 Å². The maximum atomic E-state index is 12.3. The van der Waals surface area contributed by atoms with Crippen molar-refractivity contribution in [2.45, 2.75) is 51.4 Å². The van der Waals surface area contributed by atoms with E-state index < -0.39 is 0 Å². The number of rotatable bonds is 14. The van der Waals surface area contributed by atoms with Crippen LogP contribution in [0.3, 0.4) is 0 Å². The second kappa shape index (κ2) is 21.3. The van der Waals surface area contributed by atoms with Crippen LogP contribution < -0.4 is 0 Å². The average molecular weight is 621 g/mol. The third-order valence-electron chi connectivity index (χ3n) is 5.96. The van der Waals surface area contributed by atoms with E-state index in [1.807, 2.05) is 148 Å². The predicted molar refractivity (Wildman–Crippen MR) is 178 cm³/mol. The first-order chi connectivity index (χ1) is 19.4. The highest BCUT2D eigenvalue weighted by Crippen LogP contribution is 2.34. The minimum atomic E-state index is -0.118. The lowest BCUT2D eigenvalue weighted by molar-refractivity contribution is -0.149. The lowest BCUT2D eigenvalue weighted by atomic mass is 10.2. The first-order valence-corrected chi connectivity index (χ1v) is 18.2. The molecule has 0 N–H and O–H groups in total. The number of hydrogen-bond acceptors (Lipinski definition) is 8.